The van der Waals surface area contributed by atoms with E-state index in [4.69, 9.17) is 0 Å². The van der Waals surface area contributed by atoms with Gasteiger partial charge in [0.1, 0.15) is 5.84 Å². The molecule has 0 spiro atoms. The fraction of sp³-hybridized carbons (Fsp3) is 0.222. The van der Waals surface area contributed by atoms with Gasteiger partial charge in [-0.3, -0.25) is 9.79 Å². The van der Waals surface area contributed by atoms with Gasteiger partial charge in [-0.15, -0.1) is 0 Å². The fourth-order valence-electron chi connectivity index (χ4n) is 2.78. The molecule has 0 saturated carbocycles. The van der Waals surface area contributed by atoms with E-state index >= 15 is 0 Å². The molecule has 21 heavy (non-hydrogen) atoms. The van der Waals surface area contributed by atoms with Gasteiger partial charge in [0.05, 0.1) is 6.54 Å². The molecule has 1 heterocycles. The van der Waals surface area contributed by atoms with Gasteiger partial charge in [0.25, 0.3) is 0 Å². The van der Waals surface area contributed by atoms with Crippen molar-refractivity contribution in [2.75, 3.05) is 13.1 Å². The fourth-order valence-corrected chi connectivity index (χ4v) is 2.78. The lowest BCUT2D eigenvalue weighted by atomic mass is 9.88. The Balaban J connectivity index is 1.92. The zero-order valence-electron chi connectivity index (χ0n) is 11.9. The van der Waals surface area contributed by atoms with Gasteiger partial charge in [-0.25, -0.2) is 0 Å². The summed E-state index contributed by atoms with van der Waals surface area (Å²) in [4.78, 5) is 17.3. The molecule has 0 atom stereocenters. The first kappa shape index (κ1) is 13.6. The maximum Gasteiger partial charge on any atom is 0.215 e. The van der Waals surface area contributed by atoms with Crippen LogP contribution in [0.2, 0.25) is 0 Å². The summed E-state index contributed by atoms with van der Waals surface area (Å²) >= 11 is 0. The Hall–Kier alpha value is -2.42. The lowest BCUT2D eigenvalue weighted by Crippen LogP contribution is -2.27. The van der Waals surface area contributed by atoms with Crippen LogP contribution in [0.4, 0.5) is 0 Å². The molecule has 3 rings (SSSR count). The molecule has 2 aromatic carbocycles. The van der Waals surface area contributed by atoms with E-state index in [-0.39, 0.29) is 5.92 Å². The molecular formula is C18H18N2O. The standard InChI is InChI=1S/C18H18N2O/c21-14-20-12-11-19-18(20)13-17(15-7-3-1-4-8-15)16-9-5-2-6-10-16/h1-10,14,17H,11-13H2. The summed E-state index contributed by atoms with van der Waals surface area (Å²) < 4.78 is 0. The molecule has 1 aliphatic rings. The smallest absolute Gasteiger partial charge is 0.215 e. The van der Waals surface area contributed by atoms with E-state index in [0.29, 0.717) is 13.1 Å². The van der Waals surface area contributed by atoms with Crippen LogP contribution in [0.15, 0.2) is 65.7 Å². The normalized spacial score (nSPS) is 14.3. The molecule has 0 unspecified atom stereocenters. The number of amides is 1. The minimum Gasteiger partial charge on any atom is -0.301 e. The number of carbonyl (C=O) groups is 1. The number of benzene rings is 2. The molecule has 0 N–H and O–H groups in total. The van der Waals surface area contributed by atoms with Crippen LogP contribution in [0.5, 0.6) is 0 Å². The second-order valence-corrected chi connectivity index (χ2v) is 5.17. The zero-order chi connectivity index (χ0) is 14.5. The number of hydrogen-bond donors (Lipinski definition) is 0. The summed E-state index contributed by atoms with van der Waals surface area (Å²) in [5, 5.41) is 0. The van der Waals surface area contributed by atoms with Gasteiger partial charge in [0, 0.05) is 18.9 Å². The third kappa shape index (κ3) is 3.02. The third-order valence-electron chi connectivity index (χ3n) is 3.88. The topological polar surface area (TPSA) is 32.7 Å². The maximum atomic E-state index is 11.1. The van der Waals surface area contributed by atoms with Crippen molar-refractivity contribution < 1.29 is 4.79 Å². The van der Waals surface area contributed by atoms with Crippen molar-refractivity contribution in [1.29, 1.82) is 0 Å². The van der Waals surface area contributed by atoms with Crippen LogP contribution in [0, 0.1) is 0 Å². The molecule has 0 saturated heterocycles. The Morgan fingerprint density at radius 2 is 1.57 bits per heavy atom. The number of aliphatic imine (C=N–C) groups is 1. The largest absolute Gasteiger partial charge is 0.301 e. The summed E-state index contributed by atoms with van der Waals surface area (Å²) in [5.74, 6) is 1.12. The number of amidine groups is 1. The first-order valence-electron chi connectivity index (χ1n) is 7.23. The van der Waals surface area contributed by atoms with Gasteiger partial charge in [-0.05, 0) is 11.1 Å². The summed E-state index contributed by atoms with van der Waals surface area (Å²) in [7, 11) is 0. The van der Waals surface area contributed by atoms with Crippen molar-refractivity contribution in [2.45, 2.75) is 12.3 Å². The molecule has 0 aliphatic carbocycles. The molecular weight excluding hydrogens is 260 g/mol. The second kappa shape index (κ2) is 6.35. The van der Waals surface area contributed by atoms with Crippen molar-refractivity contribution in [3.63, 3.8) is 0 Å². The predicted molar refractivity (Wildman–Crippen MR) is 84.4 cm³/mol. The van der Waals surface area contributed by atoms with Crippen LogP contribution >= 0.6 is 0 Å². The average molecular weight is 278 g/mol. The van der Waals surface area contributed by atoms with Gasteiger partial charge in [-0.2, -0.15) is 0 Å². The Morgan fingerprint density at radius 3 is 2.10 bits per heavy atom. The van der Waals surface area contributed by atoms with Crippen molar-refractivity contribution >= 4 is 12.2 Å². The summed E-state index contributed by atoms with van der Waals surface area (Å²) in [6.07, 6.45) is 1.64. The van der Waals surface area contributed by atoms with Crippen LogP contribution in [-0.4, -0.2) is 30.2 Å². The van der Waals surface area contributed by atoms with E-state index in [0.717, 1.165) is 18.7 Å². The minimum absolute atomic E-state index is 0.228. The van der Waals surface area contributed by atoms with Crippen LogP contribution in [0.1, 0.15) is 23.5 Å². The van der Waals surface area contributed by atoms with E-state index in [9.17, 15) is 4.79 Å². The number of carbonyl (C=O) groups excluding carboxylic acids is 1. The van der Waals surface area contributed by atoms with Crippen molar-refractivity contribution in [1.82, 2.24) is 4.90 Å². The monoisotopic (exact) mass is 278 g/mol. The van der Waals surface area contributed by atoms with E-state index < -0.39 is 0 Å². The molecule has 106 valence electrons. The summed E-state index contributed by atoms with van der Waals surface area (Å²) in [6, 6.07) is 20.8. The Bertz CT molecular complexity index is 583. The zero-order valence-corrected chi connectivity index (χ0v) is 11.9. The SMILES string of the molecule is O=CN1CCN=C1CC(c1ccccc1)c1ccccc1. The highest BCUT2D eigenvalue weighted by Gasteiger charge is 2.22. The van der Waals surface area contributed by atoms with Gasteiger partial charge < -0.3 is 4.90 Å². The molecule has 0 aromatic heterocycles. The van der Waals surface area contributed by atoms with Gasteiger partial charge >= 0.3 is 0 Å². The van der Waals surface area contributed by atoms with Gasteiger partial charge in [0.15, 0.2) is 0 Å². The Labute approximate surface area is 124 Å². The molecule has 1 amide bonds. The van der Waals surface area contributed by atoms with Crippen molar-refractivity contribution in [2.24, 2.45) is 4.99 Å². The highest BCUT2D eigenvalue weighted by atomic mass is 16.1. The molecule has 0 bridgehead atoms. The van der Waals surface area contributed by atoms with Gasteiger partial charge in [0.2, 0.25) is 6.41 Å². The van der Waals surface area contributed by atoms with E-state index in [1.54, 1.807) is 4.90 Å². The van der Waals surface area contributed by atoms with Crippen LogP contribution in [-0.2, 0) is 4.79 Å². The Morgan fingerprint density at radius 1 is 1.00 bits per heavy atom. The number of rotatable bonds is 5. The molecule has 0 fully saturated rings. The lowest BCUT2D eigenvalue weighted by Gasteiger charge is -2.21. The number of hydrogen-bond acceptors (Lipinski definition) is 2. The van der Waals surface area contributed by atoms with Crippen LogP contribution in [0.3, 0.4) is 0 Å². The second-order valence-electron chi connectivity index (χ2n) is 5.17. The maximum absolute atomic E-state index is 11.1. The number of nitrogens with zero attached hydrogens (tertiary/aromatic N) is 2. The molecule has 2 aromatic rings. The highest BCUT2D eigenvalue weighted by Crippen LogP contribution is 2.29. The quantitative estimate of drug-likeness (QED) is 0.774. The van der Waals surface area contributed by atoms with Crippen molar-refractivity contribution in [3.05, 3.63) is 71.8 Å². The molecule has 3 nitrogen and oxygen atoms in total. The van der Waals surface area contributed by atoms with E-state index in [1.807, 2.05) is 12.1 Å². The molecule has 3 heteroatoms. The first-order valence-corrected chi connectivity index (χ1v) is 7.23. The lowest BCUT2D eigenvalue weighted by molar-refractivity contribution is -0.114. The minimum atomic E-state index is 0.228. The average Bonchev–Trinajstić information content (AvgIpc) is 3.01. The highest BCUT2D eigenvalue weighted by molar-refractivity contribution is 5.92. The van der Waals surface area contributed by atoms with E-state index in [2.05, 4.69) is 53.5 Å². The van der Waals surface area contributed by atoms with Crippen LogP contribution < -0.4 is 0 Å². The Kier molecular flexibility index (Phi) is 4.10. The predicted octanol–water partition coefficient (Wildman–Crippen LogP) is 3.08. The van der Waals surface area contributed by atoms with Crippen LogP contribution in [0.25, 0.3) is 0 Å². The van der Waals surface area contributed by atoms with Gasteiger partial charge in [-0.1, -0.05) is 60.7 Å². The third-order valence-corrected chi connectivity index (χ3v) is 3.88. The first-order chi connectivity index (χ1) is 10.4. The van der Waals surface area contributed by atoms with Crippen molar-refractivity contribution in [3.8, 4) is 0 Å². The molecule has 1 aliphatic heterocycles. The summed E-state index contributed by atoms with van der Waals surface area (Å²) in [5.41, 5.74) is 2.51. The summed E-state index contributed by atoms with van der Waals surface area (Å²) in [6.45, 7) is 1.42. The molecule has 0 radical (unpaired) electrons. The van der Waals surface area contributed by atoms with E-state index in [1.165, 1.54) is 11.1 Å².